The number of hydrogen-bond acceptors (Lipinski definition) is 8. The molecule has 0 bridgehead atoms. The number of hydrogen-bond donors (Lipinski definition) is 2. The Morgan fingerprint density at radius 3 is 2.81 bits per heavy atom. The Hall–Kier alpha value is -0.870. The van der Waals surface area contributed by atoms with E-state index in [9.17, 15) is 10.2 Å². The molecule has 2 N–H and O–H groups in total. The van der Waals surface area contributed by atoms with Crippen LogP contribution in [-0.2, 0) is 4.74 Å². The zero-order valence-corrected chi connectivity index (χ0v) is 13.3. The van der Waals surface area contributed by atoms with Crippen LogP contribution in [0.4, 0.5) is 0 Å². The molecule has 0 radical (unpaired) electrons. The summed E-state index contributed by atoms with van der Waals surface area (Å²) in [6.07, 6.45) is 4.15. The van der Waals surface area contributed by atoms with Crippen molar-refractivity contribution in [3.05, 3.63) is 6.33 Å². The number of fused-ring (bicyclic) bond motifs is 1. The fourth-order valence-corrected chi connectivity index (χ4v) is 3.52. The van der Waals surface area contributed by atoms with Crippen LogP contribution in [0.5, 0.6) is 0 Å². The Kier molecular flexibility index (Phi) is 4.36. The number of rotatable bonds is 4. The minimum Gasteiger partial charge on any atom is -0.394 e. The van der Waals surface area contributed by atoms with Crippen molar-refractivity contribution in [2.24, 2.45) is 0 Å². The van der Waals surface area contributed by atoms with Crippen molar-refractivity contribution in [1.82, 2.24) is 19.5 Å². The molecule has 7 nitrogen and oxygen atoms in total. The number of nitrogens with zero attached hydrogens (tertiary/aromatic N) is 4. The molecule has 0 amide bonds. The van der Waals surface area contributed by atoms with Crippen LogP contribution in [0, 0.1) is 0 Å². The Morgan fingerprint density at radius 1 is 1.38 bits per heavy atom. The van der Waals surface area contributed by atoms with E-state index in [1.165, 1.54) is 29.9 Å². The molecule has 1 saturated heterocycles. The molecule has 21 heavy (non-hydrogen) atoms. The number of ether oxygens (including phenoxy) is 1. The number of aromatic nitrogens is 4. The highest BCUT2D eigenvalue weighted by Gasteiger charge is 2.36. The summed E-state index contributed by atoms with van der Waals surface area (Å²) in [6, 6.07) is 0. The predicted molar refractivity (Wildman–Crippen MR) is 80.5 cm³/mol. The first-order valence-electron chi connectivity index (χ1n) is 6.44. The molecule has 1 aliphatic heterocycles. The van der Waals surface area contributed by atoms with Crippen molar-refractivity contribution in [3.8, 4) is 0 Å². The second-order valence-corrected chi connectivity index (χ2v) is 6.21. The van der Waals surface area contributed by atoms with Gasteiger partial charge in [-0.1, -0.05) is 11.8 Å². The van der Waals surface area contributed by atoms with E-state index >= 15 is 0 Å². The Bertz CT molecular complexity index is 651. The largest absolute Gasteiger partial charge is 0.394 e. The molecule has 0 aromatic carbocycles. The summed E-state index contributed by atoms with van der Waals surface area (Å²) in [5, 5.41) is 20.7. The smallest absolute Gasteiger partial charge is 0.172 e. The Balaban J connectivity index is 2.09. The zero-order valence-electron chi connectivity index (χ0n) is 11.6. The molecule has 0 unspecified atom stereocenters. The van der Waals surface area contributed by atoms with Crippen molar-refractivity contribution in [2.75, 3.05) is 19.1 Å². The van der Waals surface area contributed by atoms with Gasteiger partial charge in [-0.2, -0.15) is 0 Å². The molecule has 2 aromatic rings. The summed E-state index contributed by atoms with van der Waals surface area (Å²) in [5.41, 5.74) is 1.43. The fraction of sp³-hybridized carbons (Fsp3) is 0.583. The van der Waals surface area contributed by atoms with Crippen LogP contribution < -0.4 is 0 Å². The number of aliphatic hydroxyl groups excluding tert-OH is 2. The van der Waals surface area contributed by atoms with E-state index in [1.807, 2.05) is 17.1 Å². The summed E-state index contributed by atoms with van der Waals surface area (Å²) in [4.78, 5) is 13.1. The van der Waals surface area contributed by atoms with Gasteiger partial charge in [0.1, 0.15) is 29.2 Å². The van der Waals surface area contributed by atoms with Gasteiger partial charge in [0.15, 0.2) is 10.8 Å². The average Bonchev–Trinajstić information content (AvgIpc) is 3.06. The molecule has 2 aromatic heterocycles. The van der Waals surface area contributed by atoms with E-state index in [4.69, 9.17) is 4.74 Å². The zero-order chi connectivity index (χ0) is 15.0. The standard InChI is InChI=1S/C12H16N4O3S2/c1-20-11-9-10(13-5-14-11)16(12(15-9)21-2)8-3-6(18)7(4-17)19-8/h5-8,17-18H,3-4H2,1-2H3/t6-,7+,8-/m1/s1. The lowest BCUT2D eigenvalue weighted by molar-refractivity contribution is -0.0457. The van der Waals surface area contributed by atoms with Gasteiger partial charge in [0.25, 0.3) is 0 Å². The van der Waals surface area contributed by atoms with Crippen LogP contribution in [0.15, 0.2) is 16.5 Å². The first-order valence-corrected chi connectivity index (χ1v) is 8.89. The monoisotopic (exact) mass is 328 g/mol. The summed E-state index contributed by atoms with van der Waals surface area (Å²) in [6.45, 7) is -0.204. The first kappa shape index (κ1) is 15.0. The van der Waals surface area contributed by atoms with Gasteiger partial charge in [0.05, 0.1) is 12.7 Å². The quantitative estimate of drug-likeness (QED) is 0.632. The maximum atomic E-state index is 9.93. The van der Waals surface area contributed by atoms with E-state index in [1.54, 1.807) is 0 Å². The minimum atomic E-state index is -0.686. The highest BCUT2D eigenvalue weighted by molar-refractivity contribution is 7.99. The third kappa shape index (κ3) is 2.53. The van der Waals surface area contributed by atoms with Gasteiger partial charge in [-0.25, -0.2) is 15.0 Å². The lowest BCUT2D eigenvalue weighted by atomic mass is 10.2. The van der Waals surface area contributed by atoms with E-state index in [-0.39, 0.29) is 12.8 Å². The summed E-state index contributed by atoms with van der Waals surface area (Å²) in [5.74, 6) is 0. The first-order chi connectivity index (χ1) is 10.2. The number of thioether (sulfide) groups is 2. The topological polar surface area (TPSA) is 93.3 Å². The molecule has 9 heteroatoms. The summed E-state index contributed by atoms with van der Waals surface area (Å²) >= 11 is 3.00. The van der Waals surface area contributed by atoms with Gasteiger partial charge >= 0.3 is 0 Å². The summed E-state index contributed by atoms with van der Waals surface area (Å²) in [7, 11) is 0. The molecule has 0 aliphatic carbocycles. The van der Waals surface area contributed by atoms with Crippen molar-refractivity contribution in [2.45, 2.75) is 35.0 Å². The van der Waals surface area contributed by atoms with Crippen LogP contribution >= 0.6 is 23.5 Å². The second kappa shape index (κ2) is 6.09. The normalized spacial score (nSPS) is 25.8. The van der Waals surface area contributed by atoms with E-state index < -0.39 is 12.2 Å². The fourth-order valence-electron chi connectivity index (χ4n) is 2.46. The van der Waals surface area contributed by atoms with Gasteiger partial charge in [-0.05, 0) is 12.5 Å². The van der Waals surface area contributed by atoms with Gasteiger partial charge < -0.3 is 14.9 Å². The average molecular weight is 328 g/mol. The number of imidazole rings is 1. The highest BCUT2D eigenvalue weighted by Crippen LogP contribution is 2.35. The van der Waals surface area contributed by atoms with Gasteiger partial charge in [-0.3, -0.25) is 4.57 Å². The highest BCUT2D eigenvalue weighted by atomic mass is 32.2. The van der Waals surface area contributed by atoms with Crippen molar-refractivity contribution in [1.29, 1.82) is 0 Å². The van der Waals surface area contributed by atoms with Crippen LogP contribution in [0.1, 0.15) is 12.6 Å². The lowest BCUT2D eigenvalue weighted by Crippen LogP contribution is -2.24. The molecular formula is C12H16N4O3S2. The molecule has 1 fully saturated rings. The third-order valence-corrected chi connectivity index (χ3v) is 4.80. The molecule has 1 aliphatic rings. The SMILES string of the molecule is CSc1ncnc2c1nc(SC)n2[C@H]1C[C@@H](O)[C@H](CO)O1. The molecule has 0 saturated carbocycles. The summed E-state index contributed by atoms with van der Waals surface area (Å²) < 4.78 is 7.61. The van der Waals surface area contributed by atoms with E-state index in [2.05, 4.69) is 15.0 Å². The van der Waals surface area contributed by atoms with Crippen molar-refractivity contribution < 1.29 is 14.9 Å². The third-order valence-electron chi connectivity index (χ3n) is 3.46. The van der Waals surface area contributed by atoms with E-state index in [0.29, 0.717) is 12.1 Å². The molecule has 3 rings (SSSR count). The Morgan fingerprint density at radius 2 is 2.19 bits per heavy atom. The van der Waals surface area contributed by atoms with Crippen LogP contribution in [-0.4, -0.2) is 61.1 Å². The maximum Gasteiger partial charge on any atom is 0.172 e. The Labute approximate surface area is 130 Å². The molecule has 3 atom stereocenters. The van der Waals surface area contributed by atoms with Crippen LogP contribution in [0.3, 0.4) is 0 Å². The van der Waals surface area contributed by atoms with Gasteiger partial charge in [0, 0.05) is 6.42 Å². The van der Waals surface area contributed by atoms with Gasteiger partial charge in [-0.15, -0.1) is 11.8 Å². The lowest BCUT2D eigenvalue weighted by Gasteiger charge is -2.15. The van der Waals surface area contributed by atoms with E-state index in [0.717, 1.165) is 15.7 Å². The predicted octanol–water partition coefficient (Wildman–Crippen LogP) is 0.911. The van der Waals surface area contributed by atoms with Gasteiger partial charge in [0.2, 0.25) is 0 Å². The maximum absolute atomic E-state index is 9.93. The van der Waals surface area contributed by atoms with Crippen molar-refractivity contribution in [3.63, 3.8) is 0 Å². The molecule has 114 valence electrons. The number of aliphatic hydroxyl groups is 2. The molecule has 3 heterocycles. The van der Waals surface area contributed by atoms with Crippen molar-refractivity contribution >= 4 is 34.7 Å². The molecular weight excluding hydrogens is 312 g/mol. The van der Waals surface area contributed by atoms with Crippen LogP contribution in [0.25, 0.3) is 11.2 Å². The van der Waals surface area contributed by atoms with Crippen LogP contribution in [0.2, 0.25) is 0 Å². The minimum absolute atomic E-state index is 0.204. The second-order valence-electron chi connectivity index (χ2n) is 4.64. The molecule has 0 spiro atoms.